The van der Waals surface area contributed by atoms with Crippen LogP contribution in [-0.2, 0) is 4.79 Å². The van der Waals surface area contributed by atoms with Gasteiger partial charge in [-0.15, -0.1) is 10.2 Å². The van der Waals surface area contributed by atoms with Gasteiger partial charge in [0.2, 0.25) is 11.1 Å². The van der Waals surface area contributed by atoms with Crippen molar-refractivity contribution in [1.29, 1.82) is 0 Å². The second-order valence-corrected chi connectivity index (χ2v) is 8.09. The van der Waals surface area contributed by atoms with Gasteiger partial charge in [-0.3, -0.25) is 4.79 Å². The first kappa shape index (κ1) is 17.7. The summed E-state index contributed by atoms with van der Waals surface area (Å²) in [4.78, 5) is 15.3. The molecule has 2 aliphatic rings. The van der Waals surface area contributed by atoms with Crippen LogP contribution in [0.4, 0.5) is 0 Å². The number of tetrazole rings is 1. The highest BCUT2D eigenvalue weighted by Gasteiger charge is 2.31. The van der Waals surface area contributed by atoms with E-state index in [2.05, 4.69) is 25.5 Å². The molecule has 1 aromatic rings. The van der Waals surface area contributed by atoms with E-state index in [1.807, 2.05) is 0 Å². The minimum Gasteiger partial charge on any atom is -0.337 e. The van der Waals surface area contributed by atoms with Crippen molar-refractivity contribution in [2.75, 3.05) is 5.75 Å². The predicted octanol–water partition coefficient (Wildman–Crippen LogP) is 3.57. The third kappa shape index (κ3) is 4.94. The van der Waals surface area contributed by atoms with Crippen molar-refractivity contribution in [2.24, 2.45) is 0 Å². The van der Waals surface area contributed by atoms with Gasteiger partial charge in [0.1, 0.15) is 0 Å². The lowest BCUT2D eigenvalue weighted by molar-refractivity contribution is -0.138. The number of carbonyl (C=O) groups excluding carboxylic acids is 1. The summed E-state index contributed by atoms with van der Waals surface area (Å²) in [5.74, 6) is 1.25. The molecule has 0 spiro atoms. The van der Waals surface area contributed by atoms with Gasteiger partial charge in [-0.05, 0) is 37.3 Å². The lowest BCUT2D eigenvalue weighted by Gasteiger charge is -2.42. The molecule has 0 saturated heterocycles. The number of H-pyrrole nitrogens is 1. The average molecular weight is 352 g/mol. The molecule has 7 heteroatoms. The lowest BCUT2D eigenvalue weighted by atomic mass is 9.88. The molecule has 1 heterocycles. The van der Waals surface area contributed by atoms with Crippen LogP contribution in [0.2, 0.25) is 0 Å². The first-order valence-corrected chi connectivity index (χ1v) is 10.5. The third-order valence-corrected chi connectivity index (χ3v) is 6.24. The molecule has 0 radical (unpaired) electrons. The number of amides is 1. The molecule has 2 aliphatic carbocycles. The zero-order valence-corrected chi connectivity index (χ0v) is 15.3. The summed E-state index contributed by atoms with van der Waals surface area (Å²) < 4.78 is 0. The monoisotopic (exact) mass is 351 g/mol. The number of aromatic nitrogens is 4. The molecule has 24 heavy (non-hydrogen) atoms. The summed E-state index contributed by atoms with van der Waals surface area (Å²) in [6.45, 7) is 0. The van der Waals surface area contributed by atoms with Crippen molar-refractivity contribution < 1.29 is 4.79 Å². The zero-order chi connectivity index (χ0) is 16.6. The Morgan fingerprint density at radius 3 is 2.21 bits per heavy atom. The molecular formula is C17H29N5OS. The maximum atomic E-state index is 13.0. The fourth-order valence-electron chi connectivity index (χ4n) is 4.15. The maximum absolute atomic E-state index is 13.0. The van der Waals surface area contributed by atoms with Crippen LogP contribution in [0.3, 0.4) is 0 Å². The molecule has 0 aliphatic heterocycles. The van der Waals surface area contributed by atoms with E-state index in [1.165, 1.54) is 64.2 Å². The molecule has 3 rings (SSSR count). The third-order valence-electron chi connectivity index (χ3n) is 5.32. The summed E-state index contributed by atoms with van der Waals surface area (Å²) in [6, 6.07) is 0.999. The summed E-state index contributed by atoms with van der Waals surface area (Å²) in [7, 11) is 0. The van der Waals surface area contributed by atoms with Gasteiger partial charge in [-0.2, -0.15) is 5.21 Å². The van der Waals surface area contributed by atoms with Crippen LogP contribution in [0.1, 0.15) is 77.0 Å². The second kappa shape index (κ2) is 9.39. The van der Waals surface area contributed by atoms with Gasteiger partial charge >= 0.3 is 0 Å². The van der Waals surface area contributed by atoms with E-state index in [1.54, 1.807) is 11.8 Å². The molecule has 6 nitrogen and oxygen atoms in total. The predicted molar refractivity (Wildman–Crippen MR) is 94.7 cm³/mol. The molecule has 2 saturated carbocycles. The number of hydrogen-bond acceptors (Lipinski definition) is 5. The lowest BCUT2D eigenvalue weighted by Crippen LogP contribution is -2.48. The van der Waals surface area contributed by atoms with Crippen molar-refractivity contribution in [3.05, 3.63) is 0 Å². The highest BCUT2D eigenvalue weighted by Crippen LogP contribution is 2.31. The van der Waals surface area contributed by atoms with Gasteiger partial charge in [0.05, 0.1) is 0 Å². The summed E-state index contributed by atoms with van der Waals surface area (Å²) >= 11 is 1.57. The Morgan fingerprint density at radius 2 is 1.67 bits per heavy atom. The first-order valence-electron chi connectivity index (χ1n) is 9.52. The fourth-order valence-corrected chi connectivity index (χ4v) is 4.83. The standard InChI is InChI=1S/C17H29N5OS/c23-16(12-7-13-24-17-18-20-21-19-17)22(14-8-3-1-4-9-14)15-10-5-2-6-11-15/h14-15H,1-13H2,(H,18,19,20,21). The molecule has 1 aromatic heterocycles. The zero-order valence-electron chi connectivity index (χ0n) is 14.5. The molecule has 1 amide bonds. The Kier molecular flexibility index (Phi) is 6.93. The van der Waals surface area contributed by atoms with Gasteiger partial charge < -0.3 is 4.90 Å². The summed E-state index contributed by atoms with van der Waals surface area (Å²) in [5.41, 5.74) is 0. The number of nitrogens with one attached hydrogen (secondary N) is 1. The van der Waals surface area contributed by atoms with E-state index in [0.29, 0.717) is 29.6 Å². The molecule has 2 fully saturated rings. The van der Waals surface area contributed by atoms with Crippen LogP contribution in [0.5, 0.6) is 0 Å². The van der Waals surface area contributed by atoms with Gasteiger partial charge in [-0.25, -0.2) is 0 Å². The van der Waals surface area contributed by atoms with E-state index in [9.17, 15) is 4.79 Å². The van der Waals surface area contributed by atoms with Crippen LogP contribution in [0, 0.1) is 0 Å². The highest BCUT2D eigenvalue weighted by atomic mass is 32.2. The molecule has 0 atom stereocenters. The second-order valence-electron chi connectivity index (χ2n) is 7.03. The van der Waals surface area contributed by atoms with Crippen molar-refractivity contribution in [2.45, 2.75) is 94.3 Å². The number of rotatable bonds is 7. The van der Waals surface area contributed by atoms with Crippen LogP contribution in [0.15, 0.2) is 5.16 Å². The summed E-state index contributed by atoms with van der Waals surface area (Å²) in [5, 5.41) is 14.5. The van der Waals surface area contributed by atoms with Crippen LogP contribution >= 0.6 is 11.8 Å². The topological polar surface area (TPSA) is 74.8 Å². The Balaban J connectivity index is 1.51. The molecule has 0 bridgehead atoms. The minimum atomic E-state index is 0.377. The van der Waals surface area contributed by atoms with Gasteiger partial charge in [0, 0.05) is 24.3 Å². The van der Waals surface area contributed by atoms with E-state index < -0.39 is 0 Å². The molecule has 0 aromatic carbocycles. The summed E-state index contributed by atoms with van der Waals surface area (Å²) in [6.07, 6.45) is 14.2. The molecular weight excluding hydrogens is 322 g/mol. The van der Waals surface area contributed by atoms with Crippen LogP contribution < -0.4 is 0 Å². The van der Waals surface area contributed by atoms with Crippen LogP contribution in [0.25, 0.3) is 0 Å². The van der Waals surface area contributed by atoms with E-state index in [-0.39, 0.29) is 0 Å². The SMILES string of the molecule is O=C(CCCSc1nn[nH]n1)N(C1CCCCC1)C1CCCCC1. The van der Waals surface area contributed by atoms with Gasteiger partial charge in [-0.1, -0.05) is 50.3 Å². The van der Waals surface area contributed by atoms with Crippen molar-refractivity contribution >= 4 is 17.7 Å². The molecule has 0 unspecified atom stereocenters. The van der Waals surface area contributed by atoms with E-state index in [4.69, 9.17) is 0 Å². The number of hydrogen-bond donors (Lipinski definition) is 1. The highest BCUT2D eigenvalue weighted by molar-refractivity contribution is 7.99. The Hall–Kier alpha value is -1.11. The largest absolute Gasteiger partial charge is 0.337 e. The Bertz CT molecular complexity index is 465. The quantitative estimate of drug-likeness (QED) is 0.600. The van der Waals surface area contributed by atoms with Crippen molar-refractivity contribution in [3.8, 4) is 0 Å². The Morgan fingerprint density at radius 1 is 1.04 bits per heavy atom. The number of nitrogens with zero attached hydrogens (tertiary/aromatic N) is 4. The maximum Gasteiger partial charge on any atom is 0.230 e. The number of thioether (sulfide) groups is 1. The first-order chi connectivity index (χ1) is 11.8. The average Bonchev–Trinajstić information content (AvgIpc) is 3.14. The smallest absolute Gasteiger partial charge is 0.230 e. The molecule has 134 valence electrons. The fraction of sp³-hybridized carbons (Fsp3) is 0.882. The minimum absolute atomic E-state index is 0.377. The number of aromatic amines is 1. The van der Waals surface area contributed by atoms with Gasteiger partial charge in [0.15, 0.2) is 0 Å². The normalized spacial score (nSPS) is 20.2. The molecule has 1 N–H and O–H groups in total. The van der Waals surface area contributed by atoms with Crippen molar-refractivity contribution in [3.63, 3.8) is 0 Å². The van der Waals surface area contributed by atoms with E-state index >= 15 is 0 Å². The van der Waals surface area contributed by atoms with Crippen LogP contribution in [-0.4, -0.2) is 49.3 Å². The van der Waals surface area contributed by atoms with Gasteiger partial charge in [0.25, 0.3) is 0 Å². The van der Waals surface area contributed by atoms with Crippen molar-refractivity contribution in [1.82, 2.24) is 25.5 Å². The van der Waals surface area contributed by atoms with E-state index in [0.717, 1.165) is 12.2 Å². The number of carbonyl (C=O) groups is 1. The Labute approximate surface area is 148 Å².